The molecular formula is C16H20FN3O3. The number of halogens is 1. The summed E-state index contributed by atoms with van der Waals surface area (Å²) in [6.07, 6.45) is 1.82. The van der Waals surface area contributed by atoms with E-state index in [-0.39, 0.29) is 31.4 Å². The van der Waals surface area contributed by atoms with E-state index in [1.807, 2.05) is 0 Å². The number of carbonyl (C=O) groups is 1. The van der Waals surface area contributed by atoms with E-state index in [0.717, 1.165) is 0 Å². The van der Waals surface area contributed by atoms with Gasteiger partial charge in [0.25, 0.3) is 5.91 Å². The monoisotopic (exact) mass is 321 g/mol. The second-order valence-corrected chi connectivity index (χ2v) is 5.10. The zero-order valence-corrected chi connectivity index (χ0v) is 12.9. The second-order valence-electron chi connectivity index (χ2n) is 5.10. The van der Waals surface area contributed by atoms with Crippen molar-refractivity contribution in [2.45, 2.75) is 13.3 Å². The Labute approximate surface area is 133 Å². The Bertz CT molecular complexity index is 672. The summed E-state index contributed by atoms with van der Waals surface area (Å²) >= 11 is 0. The minimum atomic E-state index is -0.426. The van der Waals surface area contributed by atoms with Gasteiger partial charge in [0.2, 0.25) is 0 Å². The number of rotatable bonds is 7. The maximum absolute atomic E-state index is 13.9. The summed E-state index contributed by atoms with van der Waals surface area (Å²) < 4.78 is 15.3. The van der Waals surface area contributed by atoms with E-state index < -0.39 is 5.82 Å². The number of benzene rings is 1. The van der Waals surface area contributed by atoms with Gasteiger partial charge in [-0.3, -0.25) is 4.79 Å². The summed E-state index contributed by atoms with van der Waals surface area (Å²) in [5.74, 6) is -0.724. The minimum absolute atomic E-state index is 0.0390. The Kier molecular flexibility index (Phi) is 5.84. The molecule has 0 radical (unpaired) electrons. The van der Waals surface area contributed by atoms with Crippen molar-refractivity contribution in [1.82, 2.24) is 14.7 Å². The Morgan fingerprint density at radius 1 is 1.26 bits per heavy atom. The van der Waals surface area contributed by atoms with E-state index in [9.17, 15) is 9.18 Å². The average molecular weight is 321 g/mol. The summed E-state index contributed by atoms with van der Waals surface area (Å²) in [4.78, 5) is 14.0. The minimum Gasteiger partial charge on any atom is -0.396 e. The van der Waals surface area contributed by atoms with Gasteiger partial charge in [0.05, 0.1) is 24.1 Å². The summed E-state index contributed by atoms with van der Waals surface area (Å²) in [5, 5.41) is 22.1. The van der Waals surface area contributed by atoms with Crippen molar-refractivity contribution >= 4 is 5.91 Å². The number of nitrogens with zero attached hydrogens (tertiary/aromatic N) is 3. The van der Waals surface area contributed by atoms with Gasteiger partial charge in [-0.1, -0.05) is 12.1 Å². The van der Waals surface area contributed by atoms with Crippen LogP contribution in [0, 0.1) is 12.7 Å². The third-order valence-electron chi connectivity index (χ3n) is 3.56. The molecule has 1 heterocycles. The zero-order valence-electron chi connectivity index (χ0n) is 12.9. The van der Waals surface area contributed by atoms with Crippen LogP contribution in [-0.2, 0) is 0 Å². The van der Waals surface area contributed by atoms with Crippen molar-refractivity contribution in [3.8, 4) is 5.69 Å². The van der Waals surface area contributed by atoms with Crippen LogP contribution in [0.2, 0.25) is 0 Å². The largest absolute Gasteiger partial charge is 0.396 e. The molecule has 0 unspecified atom stereocenters. The van der Waals surface area contributed by atoms with Gasteiger partial charge in [-0.15, -0.1) is 0 Å². The highest BCUT2D eigenvalue weighted by atomic mass is 19.1. The molecule has 6 nitrogen and oxygen atoms in total. The molecule has 2 rings (SSSR count). The van der Waals surface area contributed by atoms with Crippen molar-refractivity contribution in [3.63, 3.8) is 0 Å². The number of aliphatic hydroxyl groups is 2. The van der Waals surface area contributed by atoms with Gasteiger partial charge in [0.15, 0.2) is 0 Å². The number of hydrogen-bond donors (Lipinski definition) is 2. The molecule has 0 spiro atoms. The summed E-state index contributed by atoms with van der Waals surface area (Å²) in [6, 6.07) is 6.19. The quantitative estimate of drug-likeness (QED) is 0.801. The molecule has 0 bridgehead atoms. The van der Waals surface area contributed by atoms with E-state index in [1.165, 1.54) is 21.8 Å². The first kappa shape index (κ1) is 17.1. The standard InChI is InChI=1S/C16H20FN3O3/c1-12-13(16(23)19(8-10-22)7-4-9-21)11-18-20(12)15-6-3-2-5-14(15)17/h2-3,5-6,11,21-22H,4,7-10H2,1H3. The number of aliphatic hydroxyl groups excluding tert-OH is 2. The van der Waals surface area contributed by atoms with Crippen LogP contribution < -0.4 is 0 Å². The molecule has 1 aromatic heterocycles. The molecule has 0 aliphatic rings. The molecule has 0 saturated carbocycles. The number of aromatic nitrogens is 2. The predicted molar refractivity (Wildman–Crippen MR) is 83.0 cm³/mol. The Balaban J connectivity index is 2.30. The molecule has 2 aromatic rings. The van der Waals surface area contributed by atoms with Crippen LogP contribution in [0.1, 0.15) is 22.5 Å². The number of para-hydroxylation sites is 1. The lowest BCUT2D eigenvalue weighted by Gasteiger charge is -2.21. The summed E-state index contributed by atoms with van der Waals surface area (Å²) in [6.45, 7) is 1.99. The first-order chi connectivity index (χ1) is 11.1. The normalized spacial score (nSPS) is 10.8. The zero-order chi connectivity index (χ0) is 16.8. The van der Waals surface area contributed by atoms with E-state index in [2.05, 4.69) is 5.10 Å². The summed E-state index contributed by atoms with van der Waals surface area (Å²) in [7, 11) is 0. The maximum atomic E-state index is 13.9. The highest BCUT2D eigenvalue weighted by Gasteiger charge is 2.21. The number of hydrogen-bond acceptors (Lipinski definition) is 4. The van der Waals surface area contributed by atoms with Crippen LogP contribution in [-0.4, -0.2) is 57.1 Å². The van der Waals surface area contributed by atoms with Crippen molar-refractivity contribution in [2.24, 2.45) is 0 Å². The highest BCUT2D eigenvalue weighted by molar-refractivity contribution is 5.95. The smallest absolute Gasteiger partial charge is 0.257 e. The SMILES string of the molecule is Cc1c(C(=O)N(CCO)CCCO)cnn1-c1ccccc1F. The summed E-state index contributed by atoms with van der Waals surface area (Å²) in [5.41, 5.74) is 1.14. The Hall–Kier alpha value is -2.25. The number of amides is 1. The fourth-order valence-electron chi connectivity index (χ4n) is 2.35. The van der Waals surface area contributed by atoms with Crippen LogP contribution in [0.4, 0.5) is 4.39 Å². The molecule has 1 amide bonds. The molecule has 1 aromatic carbocycles. The lowest BCUT2D eigenvalue weighted by molar-refractivity contribution is 0.0709. The second kappa shape index (κ2) is 7.85. The lowest BCUT2D eigenvalue weighted by atomic mass is 10.2. The molecule has 7 heteroatoms. The van der Waals surface area contributed by atoms with Crippen LogP contribution in [0.15, 0.2) is 30.5 Å². The van der Waals surface area contributed by atoms with Gasteiger partial charge < -0.3 is 15.1 Å². The molecule has 0 aliphatic heterocycles. The van der Waals surface area contributed by atoms with Crippen LogP contribution in [0.3, 0.4) is 0 Å². The molecule has 0 aliphatic carbocycles. The van der Waals surface area contributed by atoms with Crippen molar-refractivity contribution in [2.75, 3.05) is 26.3 Å². The molecule has 0 atom stereocenters. The fourth-order valence-corrected chi connectivity index (χ4v) is 2.35. The third kappa shape index (κ3) is 3.75. The lowest BCUT2D eigenvalue weighted by Crippen LogP contribution is -2.35. The van der Waals surface area contributed by atoms with Crippen LogP contribution >= 0.6 is 0 Å². The predicted octanol–water partition coefficient (Wildman–Crippen LogP) is 1.14. The molecule has 0 fully saturated rings. The van der Waals surface area contributed by atoms with Crippen molar-refractivity contribution in [3.05, 3.63) is 47.5 Å². The van der Waals surface area contributed by atoms with Gasteiger partial charge in [0, 0.05) is 19.7 Å². The topological polar surface area (TPSA) is 78.6 Å². The van der Waals surface area contributed by atoms with Gasteiger partial charge in [-0.05, 0) is 25.5 Å². The Morgan fingerprint density at radius 3 is 2.65 bits per heavy atom. The first-order valence-corrected chi connectivity index (χ1v) is 7.40. The molecule has 2 N–H and O–H groups in total. The van der Waals surface area contributed by atoms with Crippen molar-refractivity contribution in [1.29, 1.82) is 0 Å². The maximum Gasteiger partial charge on any atom is 0.257 e. The molecule has 0 saturated heterocycles. The molecule has 23 heavy (non-hydrogen) atoms. The number of carbonyl (C=O) groups excluding carboxylic acids is 1. The van der Waals surface area contributed by atoms with Gasteiger partial charge in [0.1, 0.15) is 11.5 Å². The van der Waals surface area contributed by atoms with E-state index >= 15 is 0 Å². The van der Waals surface area contributed by atoms with Gasteiger partial charge >= 0.3 is 0 Å². The van der Waals surface area contributed by atoms with Crippen LogP contribution in [0.5, 0.6) is 0 Å². The fraction of sp³-hybridized carbons (Fsp3) is 0.375. The van der Waals surface area contributed by atoms with Gasteiger partial charge in [-0.2, -0.15) is 5.10 Å². The Morgan fingerprint density at radius 2 is 2.00 bits per heavy atom. The molecule has 124 valence electrons. The van der Waals surface area contributed by atoms with Gasteiger partial charge in [-0.25, -0.2) is 9.07 Å². The molecular weight excluding hydrogens is 301 g/mol. The third-order valence-corrected chi connectivity index (χ3v) is 3.56. The first-order valence-electron chi connectivity index (χ1n) is 7.40. The van der Waals surface area contributed by atoms with Crippen LogP contribution in [0.25, 0.3) is 5.69 Å². The van der Waals surface area contributed by atoms with E-state index in [4.69, 9.17) is 10.2 Å². The average Bonchev–Trinajstić information content (AvgIpc) is 2.93. The van der Waals surface area contributed by atoms with E-state index in [0.29, 0.717) is 24.2 Å². The van der Waals surface area contributed by atoms with Crippen molar-refractivity contribution < 1.29 is 19.4 Å². The highest BCUT2D eigenvalue weighted by Crippen LogP contribution is 2.18. The van der Waals surface area contributed by atoms with E-state index in [1.54, 1.807) is 25.1 Å².